The number of nitriles is 1. The van der Waals surface area contributed by atoms with E-state index in [0.717, 1.165) is 44.9 Å². The molecule has 1 aliphatic heterocycles. The number of likely N-dealkylation sites (N-methyl/N-ethyl adjacent to an activating group) is 1. The van der Waals surface area contributed by atoms with Crippen molar-refractivity contribution in [2.45, 2.75) is 50.5 Å². The Morgan fingerprint density at radius 1 is 1.27 bits per heavy atom. The molecule has 2 amide bonds. The summed E-state index contributed by atoms with van der Waals surface area (Å²) in [5, 5.41) is 22.1. The second-order valence-corrected chi connectivity index (χ2v) is 8.51. The maximum Gasteiger partial charge on any atom is 0.253 e. The summed E-state index contributed by atoms with van der Waals surface area (Å²) in [6.07, 6.45) is 6.15. The van der Waals surface area contributed by atoms with E-state index in [0.29, 0.717) is 24.3 Å². The Bertz CT molecular complexity index is 790. The lowest BCUT2D eigenvalue weighted by atomic mass is 9.81. The number of hydrogen-bond donors (Lipinski definition) is 2. The van der Waals surface area contributed by atoms with Gasteiger partial charge in [-0.1, -0.05) is 25.3 Å². The van der Waals surface area contributed by atoms with E-state index in [1.807, 2.05) is 17.0 Å². The molecular weight excluding hydrogens is 380 g/mol. The van der Waals surface area contributed by atoms with Gasteiger partial charge in [-0.2, -0.15) is 5.26 Å². The van der Waals surface area contributed by atoms with Crippen LogP contribution in [0.25, 0.3) is 0 Å². The average Bonchev–Trinajstić information content (AvgIpc) is 2.82. The van der Waals surface area contributed by atoms with Gasteiger partial charge in [-0.15, -0.1) is 0 Å². The molecule has 0 bridgehead atoms. The van der Waals surface area contributed by atoms with Crippen LogP contribution in [0.3, 0.4) is 0 Å². The molecule has 1 aliphatic carbocycles. The number of anilines is 1. The van der Waals surface area contributed by atoms with E-state index < -0.39 is 5.54 Å². The number of carbonyl (C=O) groups is 2. The largest absolute Gasteiger partial charge is 0.396 e. The summed E-state index contributed by atoms with van der Waals surface area (Å²) in [5.74, 6) is 0.135. The average molecular weight is 413 g/mol. The number of carbonyl (C=O) groups excluding carboxylic acids is 2. The van der Waals surface area contributed by atoms with Gasteiger partial charge < -0.3 is 20.2 Å². The Morgan fingerprint density at radius 3 is 2.60 bits per heavy atom. The summed E-state index contributed by atoms with van der Waals surface area (Å²) in [6.45, 7) is 1.57. The molecule has 30 heavy (non-hydrogen) atoms. The van der Waals surface area contributed by atoms with Crippen LogP contribution in [0, 0.1) is 17.2 Å². The van der Waals surface area contributed by atoms with Gasteiger partial charge in [0.1, 0.15) is 5.54 Å². The fourth-order valence-electron chi connectivity index (χ4n) is 4.46. The van der Waals surface area contributed by atoms with Crippen molar-refractivity contribution in [3.05, 3.63) is 29.8 Å². The highest BCUT2D eigenvalue weighted by Gasteiger charge is 2.38. The fraction of sp³-hybridized carbons (Fsp3) is 0.609. The molecule has 7 nitrogen and oxygen atoms in total. The van der Waals surface area contributed by atoms with Crippen molar-refractivity contribution in [2.24, 2.45) is 5.92 Å². The molecule has 162 valence electrons. The van der Waals surface area contributed by atoms with Crippen LogP contribution in [0.1, 0.15) is 55.3 Å². The van der Waals surface area contributed by atoms with Crippen LogP contribution < -0.4 is 5.32 Å². The number of likely N-dealkylation sites (tertiary alicyclic amines) is 1. The first kappa shape index (κ1) is 22.1. The lowest BCUT2D eigenvalue weighted by molar-refractivity contribution is -0.132. The van der Waals surface area contributed by atoms with Crippen LogP contribution >= 0.6 is 0 Å². The van der Waals surface area contributed by atoms with Crippen molar-refractivity contribution in [1.29, 1.82) is 5.26 Å². The number of hydrogen-bond acceptors (Lipinski definition) is 5. The molecule has 1 aromatic rings. The third kappa shape index (κ3) is 4.93. The molecule has 3 rings (SSSR count). The molecule has 2 N–H and O–H groups in total. The lowest BCUT2D eigenvalue weighted by Crippen LogP contribution is -2.51. The Labute approximate surface area is 178 Å². The molecule has 0 atom stereocenters. The molecule has 1 saturated heterocycles. The molecule has 0 spiro atoms. The van der Waals surface area contributed by atoms with Crippen LogP contribution in [0.5, 0.6) is 0 Å². The molecular formula is C23H32N4O3. The SMILES string of the molecule is CN(C(=O)CNc1cccc(C(=O)N2CCC(CO)CC2)c1)C1(C#N)CCCCC1. The van der Waals surface area contributed by atoms with Crippen molar-refractivity contribution in [3.8, 4) is 6.07 Å². The summed E-state index contributed by atoms with van der Waals surface area (Å²) < 4.78 is 0. The van der Waals surface area contributed by atoms with Gasteiger partial charge in [0.15, 0.2) is 0 Å². The van der Waals surface area contributed by atoms with Crippen LogP contribution in [-0.4, -0.2) is 65.5 Å². The minimum absolute atomic E-state index is 0.0240. The summed E-state index contributed by atoms with van der Waals surface area (Å²) in [6, 6.07) is 9.58. The topological polar surface area (TPSA) is 96.7 Å². The van der Waals surface area contributed by atoms with Gasteiger partial charge in [0.2, 0.25) is 5.91 Å². The second kappa shape index (κ2) is 9.94. The van der Waals surface area contributed by atoms with E-state index in [9.17, 15) is 20.0 Å². The highest BCUT2D eigenvalue weighted by atomic mass is 16.3. The third-order valence-corrected chi connectivity index (χ3v) is 6.62. The maximum absolute atomic E-state index is 12.8. The number of amides is 2. The first-order valence-corrected chi connectivity index (χ1v) is 10.9. The van der Waals surface area contributed by atoms with Crippen molar-refractivity contribution < 1.29 is 14.7 Å². The van der Waals surface area contributed by atoms with Crippen LogP contribution in [0.4, 0.5) is 5.69 Å². The van der Waals surface area contributed by atoms with E-state index in [-0.39, 0.29) is 30.9 Å². The van der Waals surface area contributed by atoms with Crippen molar-refractivity contribution >= 4 is 17.5 Å². The number of rotatable bonds is 6. The van der Waals surface area contributed by atoms with Crippen LogP contribution in [-0.2, 0) is 4.79 Å². The first-order valence-electron chi connectivity index (χ1n) is 10.9. The number of nitrogens with zero attached hydrogens (tertiary/aromatic N) is 3. The van der Waals surface area contributed by atoms with E-state index in [1.54, 1.807) is 24.1 Å². The predicted molar refractivity (Wildman–Crippen MR) is 115 cm³/mol. The second-order valence-electron chi connectivity index (χ2n) is 8.51. The number of nitrogens with one attached hydrogen (secondary N) is 1. The van der Waals surface area contributed by atoms with Crippen LogP contribution in [0.2, 0.25) is 0 Å². The molecule has 0 radical (unpaired) electrons. The Morgan fingerprint density at radius 2 is 1.97 bits per heavy atom. The number of piperidine rings is 1. The zero-order valence-corrected chi connectivity index (χ0v) is 17.8. The van der Waals surface area contributed by atoms with Gasteiger partial charge in [-0.3, -0.25) is 9.59 Å². The smallest absolute Gasteiger partial charge is 0.253 e. The fourth-order valence-corrected chi connectivity index (χ4v) is 4.46. The normalized spacial score (nSPS) is 19.0. The molecule has 2 fully saturated rings. The summed E-state index contributed by atoms with van der Waals surface area (Å²) in [5.41, 5.74) is 0.599. The zero-order chi connectivity index (χ0) is 21.6. The zero-order valence-electron chi connectivity index (χ0n) is 17.8. The molecule has 1 heterocycles. The van der Waals surface area contributed by atoms with Gasteiger partial charge in [-0.05, 0) is 49.8 Å². The minimum atomic E-state index is -0.699. The monoisotopic (exact) mass is 412 g/mol. The minimum Gasteiger partial charge on any atom is -0.396 e. The number of benzene rings is 1. The van der Waals surface area contributed by atoms with Gasteiger partial charge in [-0.25, -0.2) is 0 Å². The summed E-state index contributed by atoms with van der Waals surface area (Å²) in [4.78, 5) is 28.9. The third-order valence-electron chi connectivity index (χ3n) is 6.62. The molecule has 1 aromatic carbocycles. The van der Waals surface area contributed by atoms with Gasteiger partial charge in [0, 0.05) is 38.0 Å². The van der Waals surface area contributed by atoms with Crippen molar-refractivity contribution in [3.63, 3.8) is 0 Å². The van der Waals surface area contributed by atoms with Crippen molar-refractivity contribution in [2.75, 3.05) is 38.6 Å². The van der Waals surface area contributed by atoms with E-state index in [1.165, 1.54) is 0 Å². The Balaban J connectivity index is 1.58. The Kier molecular flexibility index (Phi) is 7.33. The highest BCUT2D eigenvalue weighted by Crippen LogP contribution is 2.32. The van der Waals surface area contributed by atoms with E-state index in [2.05, 4.69) is 11.4 Å². The highest BCUT2D eigenvalue weighted by molar-refractivity contribution is 5.95. The van der Waals surface area contributed by atoms with E-state index >= 15 is 0 Å². The summed E-state index contributed by atoms with van der Waals surface area (Å²) >= 11 is 0. The van der Waals surface area contributed by atoms with Crippen LogP contribution in [0.15, 0.2) is 24.3 Å². The summed E-state index contributed by atoms with van der Waals surface area (Å²) in [7, 11) is 1.72. The molecule has 1 saturated carbocycles. The molecule has 2 aliphatic rings. The maximum atomic E-state index is 12.8. The molecule has 0 aromatic heterocycles. The van der Waals surface area contributed by atoms with E-state index in [4.69, 9.17) is 0 Å². The van der Waals surface area contributed by atoms with Gasteiger partial charge in [0.05, 0.1) is 12.6 Å². The number of aliphatic hydroxyl groups excluding tert-OH is 1. The Hall–Kier alpha value is -2.59. The standard InChI is InChI=1S/C23H32N4O3/c1-26(23(17-24)10-3-2-4-11-23)21(29)15-25-20-7-5-6-19(14-20)22(30)27-12-8-18(16-28)9-13-27/h5-7,14,18,25,28H,2-4,8-13,15-16H2,1H3. The van der Waals surface area contributed by atoms with Gasteiger partial charge >= 0.3 is 0 Å². The van der Waals surface area contributed by atoms with Crippen molar-refractivity contribution in [1.82, 2.24) is 9.80 Å². The molecule has 7 heteroatoms. The first-order chi connectivity index (χ1) is 14.5. The predicted octanol–water partition coefficient (Wildman–Crippen LogP) is 2.63. The molecule has 0 unspecified atom stereocenters. The van der Waals surface area contributed by atoms with Gasteiger partial charge in [0.25, 0.3) is 5.91 Å². The quantitative estimate of drug-likeness (QED) is 0.749. The lowest BCUT2D eigenvalue weighted by Gasteiger charge is -2.39. The number of aliphatic hydroxyl groups is 1.